The van der Waals surface area contributed by atoms with Gasteiger partial charge in [0.1, 0.15) is 16.6 Å². The Labute approximate surface area is 122 Å². The Hall–Kier alpha value is -1.88. The summed E-state index contributed by atoms with van der Waals surface area (Å²) >= 11 is 5.93. The van der Waals surface area contributed by atoms with Crippen LogP contribution in [-0.2, 0) is 13.0 Å². The number of nitrogens with zero attached hydrogens (tertiary/aromatic N) is 3. The number of pyridine rings is 1. The number of halogens is 1. The maximum Gasteiger partial charge on any atom is 0.254 e. The molecule has 0 aliphatic carbocycles. The van der Waals surface area contributed by atoms with E-state index < -0.39 is 0 Å². The lowest BCUT2D eigenvalue weighted by Gasteiger charge is -2.16. The highest BCUT2D eigenvalue weighted by molar-refractivity contribution is 6.29. The van der Waals surface area contributed by atoms with E-state index in [4.69, 9.17) is 16.1 Å². The van der Waals surface area contributed by atoms with Crippen LogP contribution >= 0.6 is 11.6 Å². The van der Waals surface area contributed by atoms with Gasteiger partial charge in [-0.3, -0.25) is 4.79 Å². The minimum atomic E-state index is -0.121. The van der Waals surface area contributed by atoms with E-state index in [2.05, 4.69) is 10.1 Å². The molecule has 0 spiro atoms. The number of aryl methyl sites for hydroxylation is 2. The largest absolute Gasteiger partial charge is 0.361 e. The summed E-state index contributed by atoms with van der Waals surface area (Å²) in [6, 6.07) is 5.15. The third-order valence-electron chi connectivity index (χ3n) is 2.88. The van der Waals surface area contributed by atoms with Gasteiger partial charge in [0.2, 0.25) is 0 Å². The highest BCUT2D eigenvalue weighted by Crippen LogP contribution is 2.14. The van der Waals surface area contributed by atoms with Crippen LogP contribution < -0.4 is 0 Å². The topological polar surface area (TPSA) is 59.2 Å². The first-order chi connectivity index (χ1) is 9.49. The van der Waals surface area contributed by atoms with E-state index in [1.807, 2.05) is 13.8 Å². The molecule has 0 atom stereocenters. The second-order valence-electron chi connectivity index (χ2n) is 4.61. The van der Waals surface area contributed by atoms with Crippen molar-refractivity contribution in [2.24, 2.45) is 0 Å². The van der Waals surface area contributed by atoms with Crippen molar-refractivity contribution in [2.75, 3.05) is 7.05 Å². The predicted molar refractivity (Wildman–Crippen MR) is 75.7 cm³/mol. The average molecular weight is 294 g/mol. The van der Waals surface area contributed by atoms with E-state index in [-0.39, 0.29) is 5.91 Å². The Kier molecular flexibility index (Phi) is 4.39. The molecule has 0 unspecified atom stereocenters. The van der Waals surface area contributed by atoms with E-state index in [1.165, 1.54) is 0 Å². The highest BCUT2D eigenvalue weighted by Gasteiger charge is 2.15. The molecule has 0 aromatic carbocycles. The Bertz CT molecular complexity index is 625. The lowest BCUT2D eigenvalue weighted by Crippen LogP contribution is -2.26. The van der Waals surface area contributed by atoms with E-state index in [0.29, 0.717) is 23.0 Å². The summed E-state index contributed by atoms with van der Waals surface area (Å²) in [4.78, 5) is 18.1. The molecule has 106 valence electrons. The van der Waals surface area contributed by atoms with Crippen LogP contribution in [-0.4, -0.2) is 28.0 Å². The van der Waals surface area contributed by atoms with Crippen molar-refractivity contribution < 1.29 is 9.32 Å². The highest BCUT2D eigenvalue weighted by atomic mass is 35.5. The molecular weight excluding hydrogens is 278 g/mol. The van der Waals surface area contributed by atoms with Crippen molar-refractivity contribution in [1.29, 1.82) is 0 Å². The van der Waals surface area contributed by atoms with Crippen molar-refractivity contribution in [3.8, 4) is 0 Å². The number of hydrogen-bond donors (Lipinski definition) is 0. The fourth-order valence-corrected chi connectivity index (χ4v) is 2.11. The smallest absolute Gasteiger partial charge is 0.254 e. The molecule has 0 bridgehead atoms. The first-order valence-electron chi connectivity index (χ1n) is 6.33. The van der Waals surface area contributed by atoms with Crippen LogP contribution in [0.3, 0.4) is 0 Å². The normalized spacial score (nSPS) is 10.6. The summed E-state index contributed by atoms with van der Waals surface area (Å²) in [6.07, 6.45) is 0.729. The van der Waals surface area contributed by atoms with E-state index >= 15 is 0 Å². The van der Waals surface area contributed by atoms with E-state index in [9.17, 15) is 4.79 Å². The van der Waals surface area contributed by atoms with Crippen LogP contribution in [0.15, 0.2) is 22.7 Å². The fourth-order valence-electron chi connectivity index (χ4n) is 1.88. The summed E-state index contributed by atoms with van der Waals surface area (Å²) in [7, 11) is 1.71. The molecule has 2 heterocycles. The molecule has 6 heteroatoms. The van der Waals surface area contributed by atoms with Crippen molar-refractivity contribution in [1.82, 2.24) is 15.0 Å². The lowest BCUT2D eigenvalue weighted by atomic mass is 10.2. The van der Waals surface area contributed by atoms with Gasteiger partial charge in [0.25, 0.3) is 5.91 Å². The van der Waals surface area contributed by atoms with Gasteiger partial charge in [-0.2, -0.15) is 0 Å². The molecule has 0 N–H and O–H groups in total. The van der Waals surface area contributed by atoms with Gasteiger partial charge in [0.05, 0.1) is 6.54 Å². The van der Waals surface area contributed by atoms with Crippen molar-refractivity contribution in [2.45, 2.75) is 26.8 Å². The van der Waals surface area contributed by atoms with Gasteiger partial charge in [0.15, 0.2) is 0 Å². The zero-order valence-corrected chi connectivity index (χ0v) is 12.4. The molecule has 5 nitrogen and oxygen atoms in total. The second kappa shape index (κ2) is 6.05. The molecule has 0 saturated carbocycles. The maximum atomic E-state index is 12.4. The Balaban J connectivity index is 2.15. The Morgan fingerprint density at radius 1 is 1.35 bits per heavy atom. The van der Waals surface area contributed by atoms with Gasteiger partial charge >= 0.3 is 0 Å². The standard InChI is InChI=1S/C14H16ClN3O2/c1-4-11-6-10(7-13(15)16-11)14(19)18(3)8-12-5-9(2)20-17-12/h5-7H,4,8H2,1-3H3. The quantitative estimate of drug-likeness (QED) is 0.813. The molecule has 2 aromatic rings. The van der Waals surface area contributed by atoms with Crippen LogP contribution in [0.25, 0.3) is 0 Å². The molecule has 0 aliphatic heterocycles. The third-order valence-corrected chi connectivity index (χ3v) is 3.07. The second-order valence-corrected chi connectivity index (χ2v) is 5.00. The van der Waals surface area contributed by atoms with Crippen LogP contribution in [0.4, 0.5) is 0 Å². The monoisotopic (exact) mass is 293 g/mol. The minimum Gasteiger partial charge on any atom is -0.361 e. The van der Waals surface area contributed by atoms with Gasteiger partial charge < -0.3 is 9.42 Å². The first-order valence-corrected chi connectivity index (χ1v) is 6.71. The summed E-state index contributed by atoms with van der Waals surface area (Å²) in [6.45, 7) is 4.17. The maximum absolute atomic E-state index is 12.4. The molecular formula is C14H16ClN3O2. The fraction of sp³-hybridized carbons (Fsp3) is 0.357. The van der Waals surface area contributed by atoms with Crippen LogP contribution in [0.2, 0.25) is 5.15 Å². The summed E-state index contributed by atoms with van der Waals surface area (Å²) in [5.41, 5.74) is 2.05. The molecule has 2 rings (SSSR count). The minimum absolute atomic E-state index is 0.121. The SMILES string of the molecule is CCc1cc(C(=O)N(C)Cc2cc(C)on2)cc(Cl)n1. The Morgan fingerprint density at radius 3 is 2.70 bits per heavy atom. The van der Waals surface area contributed by atoms with Gasteiger partial charge in [0, 0.05) is 24.4 Å². The summed E-state index contributed by atoms with van der Waals surface area (Å²) < 4.78 is 4.99. The molecule has 20 heavy (non-hydrogen) atoms. The molecule has 2 aromatic heterocycles. The number of carbonyl (C=O) groups is 1. The lowest BCUT2D eigenvalue weighted by molar-refractivity contribution is 0.0782. The number of rotatable bonds is 4. The first kappa shape index (κ1) is 14.5. The number of aromatic nitrogens is 2. The molecule has 0 saturated heterocycles. The predicted octanol–water partition coefficient (Wildman–Crippen LogP) is 2.87. The number of carbonyl (C=O) groups excluding carboxylic acids is 1. The van der Waals surface area contributed by atoms with Gasteiger partial charge in [-0.1, -0.05) is 23.7 Å². The van der Waals surface area contributed by atoms with E-state index in [0.717, 1.165) is 17.9 Å². The van der Waals surface area contributed by atoms with Gasteiger partial charge in [-0.05, 0) is 25.5 Å². The number of hydrogen-bond acceptors (Lipinski definition) is 4. The van der Waals surface area contributed by atoms with Crippen molar-refractivity contribution in [3.63, 3.8) is 0 Å². The molecule has 0 radical (unpaired) electrons. The zero-order chi connectivity index (χ0) is 14.7. The molecule has 0 fully saturated rings. The van der Waals surface area contributed by atoms with Crippen LogP contribution in [0.1, 0.15) is 34.4 Å². The third kappa shape index (κ3) is 3.36. The average Bonchev–Trinajstić information content (AvgIpc) is 2.82. The molecule has 0 aliphatic rings. The van der Waals surface area contributed by atoms with Gasteiger partial charge in [-0.15, -0.1) is 0 Å². The summed E-state index contributed by atoms with van der Waals surface area (Å²) in [5, 5.41) is 4.21. The summed E-state index contributed by atoms with van der Waals surface area (Å²) in [5.74, 6) is 0.603. The van der Waals surface area contributed by atoms with Gasteiger partial charge in [-0.25, -0.2) is 4.98 Å². The Morgan fingerprint density at radius 2 is 2.10 bits per heavy atom. The molecule has 1 amide bonds. The number of amides is 1. The van der Waals surface area contributed by atoms with Crippen LogP contribution in [0.5, 0.6) is 0 Å². The van der Waals surface area contributed by atoms with Crippen molar-refractivity contribution in [3.05, 3.63) is 46.1 Å². The van der Waals surface area contributed by atoms with Crippen LogP contribution in [0, 0.1) is 6.92 Å². The zero-order valence-electron chi connectivity index (χ0n) is 11.7. The van der Waals surface area contributed by atoms with Crippen molar-refractivity contribution >= 4 is 17.5 Å². The van der Waals surface area contributed by atoms with E-state index in [1.54, 1.807) is 30.1 Å².